The van der Waals surface area contributed by atoms with Crippen LogP contribution in [-0.2, 0) is 16.5 Å². The molecule has 0 spiro atoms. The summed E-state index contributed by atoms with van der Waals surface area (Å²) < 4.78 is 38.5. The SMILES string of the molecule is CCCCCCc1c(Oc2ccc([O-])cc2)cccc1S(=O)(=O)O.[K+]. The van der Waals surface area contributed by atoms with Crippen LogP contribution in [-0.4, -0.2) is 13.0 Å². The zero-order valence-electron chi connectivity index (χ0n) is 14.6. The molecule has 0 aliphatic carbocycles. The van der Waals surface area contributed by atoms with Crippen molar-refractivity contribution in [3.8, 4) is 17.2 Å². The maximum absolute atomic E-state index is 11.7. The first-order valence-corrected chi connectivity index (χ1v) is 9.40. The standard InChI is InChI=1S/C18H22O5S.K/c1-2-3-4-5-7-16-17(8-6-9-18(16)24(20,21)22)23-15-12-10-14(19)11-13-15;/h6,8-13,19H,2-5,7H2,1H3,(H,20,21,22);/q;+1/p-1. The van der Waals surface area contributed by atoms with E-state index in [0.717, 1.165) is 25.7 Å². The van der Waals surface area contributed by atoms with E-state index in [2.05, 4.69) is 6.92 Å². The molecule has 0 amide bonds. The second kappa shape index (κ2) is 10.7. The number of hydrogen-bond acceptors (Lipinski definition) is 4. The van der Waals surface area contributed by atoms with Gasteiger partial charge in [0.2, 0.25) is 0 Å². The summed E-state index contributed by atoms with van der Waals surface area (Å²) in [5, 5.41) is 11.2. The van der Waals surface area contributed by atoms with E-state index in [9.17, 15) is 18.1 Å². The van der Waals surface area contributed by atoms with E-state index in [0.29, 0.717) is 23.5 Å². The van der Waals surface area contributed by atoms with Gasteiger partial charge in [0.25, 0.3) is 10.1 Å². The van der Waals surface area contributed by atoms with Gasteiger partial charge in [-0.1, -0.05) is 44.4 Å². The van der Waals surface area contributed by atoms with Crippen LogP contribution >= 0.6 is 0 Å². The molecule has 0 saturated heterocycles. The van der Waals surface area contributed by atoms with Crippen molar-refractivity contribution in [3.05, 3.63) is 48.0 Å². The van der Waals surface area contributed by atoms with Crippen LogP contribution < -0.4 is 61.2 Å². The molecule has 2 aromatic carbocycles. The van der Waals surface area contributed by atoms with E-state index in [4.69, 9.17) is 4.74 Å². The van der Waals surface area contributed by atoms with Crippen molar-refractivity contribution in [1.29, 1.82) is 0 Å². The first-order chi connectivity index (χ1) is 11.4. The van der Waals surface area contributed by atoms with Crippen LogP contribution in [0.25, 0.3) is 0 Å². The Morgan fingerprint density at radius 1 is 1.04 bits per heavy atom. The molecule has 5 nitrogen and oxygen atoms in total. The van der Waals surface area contributed by atoms with Crippen LogP contribution in [0.1, 0.15) is 38.2 Å². The minimum atomic E-state index is -4.33. The first-order valence-electron chi connectivity index (χ1n) is 7.96. The van der Waals surface area contributed by atoms with Crippen LogP contribution in [0, 0.1) is 0 Å². The summed E-state index contributed by atoms with van der Waals surface area (Å²) in [6.45, 7) is 2.10. The molecule has 25 heavy (non-hydrogen) atoms. The molecule has 0 radical (unpaired) electrons. The van der Waals surface area contributed by atoms with Crippen molar-refractivity contribution in [2.24, 2.45) is 0 Å². The average molecular weight is 389 g/mol. The second-order valence-electron chi connectivity index (χ2n) is 5.59. The summed E-state index contributed by atoms with van der Waals surface area (Å²) in [5.41, 5.74) is 0.460. The molecule has 2 aromatic rings. The zero-order valence-corrected chi connectivity index (χ0v) is 18.5. The van der Waals surface area contributed by atoms with Gasteiger partial charge < -0.3 is 9.84 Å². The third kappa shape index (κ3) is 7.01. The third-order valence-corrected chi connectivity index (χ3v) is 4.64. The number of benzene rings is 2. The Hall–Kier alpha value is -0.414. The Morgan fingerprint density at radius 2 is 1.72 bits per heavy atom. The van der Waals surface area contributed by atoms with Gasteiger partial charge in [-0.25, -0.2) is 0 Å². The average Bonchev–Trinajstić information content (AvgIpc) is 2.53. The van der Waals surface area contributed by atoms with Gasteiger partial charge in [0.05, 0.1) is 0 Å². The second-order valence-corrected chi connectivity index (χ2v) is 6.98. The molecule has 7 heteroatoms. The minimum absolute atomic E-state index is 0. The van der Waals surface area contributed by atoms with Gasteiger partial charge in [-0.05, 0) is 37.1 Å². The molecule has 0 saturated carbocycles. The van der Waals surface area contributed by atoms with E-state index < -0.39 is 10.1 Å². The van der Waals surface area contributed by atoms with Crippen LogP contribution in [0.15, 0.2) is 47.4 Å². The Balaban J connectivity index is 0.00000312. The Kier molecular flexibility index (Phi) is 9.65. The quantitative estimate of drug-likeness (QED) is 0.413. The van der Waals surface area contributed by atoms with Crippen LogP contribution in [0.3, 0.4) is 0 Å². The first kappa shape index (κ1) is 22.6. The van der Waals surface area contributed by atoms with Crippen molar-refractivity contribution < 1.29 is 74.2 Å². The van der Waals surface area contributed by atoms with E-state index >= 15 is 0 Å². The smallest absolute Gasteiger partial charge is 0.872 e. The molecular formula is C18H21KO5S. The summed E-state index contributed by atoms with van der Waals surface area (Å²) in [4.78, 5) is -0.128. The summed E-state index contributed by atoms with van der Waals surface area (Å²) in [6.07, 6.45) is 4.40. The number of unbranched alkanes of at least 4 members (excludes halogenated alkanes) is 3. The van der Waals surface area contributed by atoms with Crippen molar-refractivity contribution in [2.75, 3.05) is 0 Å². The fraction of sp³-hybridized carbons (Fsp3) is 0.333. The van der Waals surface area contributed by atoms with Crippen molar-refractivity contribution >= 4 is 10.1 Å². The molecule has 0 unspecified atom stereocenters. The van der Waals surface area contributed by atoms with E-state index in [1.165, 1.54) is 36.4 Å². The molecule has 0 fully saturated rings. The van der Waals surface area contributed by atoms with Crippen molar-refractivity contribution in [1.82, 2.24) is 0 Å². The molecule has 0 heterocycles. The Morgan fingerprint density at radius 3 is 2.32 bits per heavy atom. The normalized spacial score (nSPS) is 11.0. The molecule has 0 aliphatic heterocycles. The summed E-state index contributed by atoms with van der Waals surface area (Å²) in [5.74, 6) is 0.686. The summed E-state index contributed by atoms with van der Waals surface area (Å²) in [7, 11) is -4.33. The third-order valence-electron chi connectivity index (χ3n) is 3.70. The minimum Gasteiger partial charge on any atom is -0.872 e. The van der Waals surface area contributed by atoms with Crippen LogP contribution in [0.5, 0.6) is 17.2 Å². The molecule has 1 N–H and O–H groups in total. The van der Waals surface area contributed by atoms with Gasteiger partial charge in [0.15, 0.2) is 0 Å². The monoisotopic (exact) mass is 388 g/mol. The van der Waals surface area contributed by atoms with Gasteiger partial charge >= 0.3 is 51.4 Å². The largest absolute Gasteiger partial charge is 1.00 e. The zero-order chi connectivity index (χ0) is 17.6. The molecule has 0 aliphatic rings. The number of hydrogen-bond donors (Lipinski definition) is 1. The number of ether oxygens (including phenoxy) is 1. The predicted molar refractivity (Wildman–Crippen MR) is 90.1 cm³/mol. The fourth-order valence-corrected chi connectivity index (χ4v) is 3.26. The molecular weight excluding hydrogens is 367 g/mol. The fourth-order valence-electron chi connectivity index (χ4n) is 2.49. The Labute approximate surface area is 191 Å². The molecule has 0 bridgehead atoms. The van der Waals surface area contributed by atoms with Crippen LogP contribution in [0.4, 0.5) is 0 Å². The molecule has 0 aromatic heterocycles. The summed E-state index contributed by atoms with van der Waals surface area (Å²) in [6, 6.07) is 10.4. The van der Waals surface area contributed by atoms with Gasteiger partial charge in [-0.15, -0.1) is 5.75 Å². The maximum atomic E-state index is 11.7. The maximum Gasteiger partial charge on any atom is 1.00 e. The van der Waals surface area contributed by atoms with E-state index in [1.54, 1.807) is 6.07 Å². The predicted octanol–water partition coefficient (Wildman–Crippen LogP) is 0.926. The molecule has 2 rings (SSSR count). The van der Waals surface area contributed by atoms with Crippen molar-refractivity contribution in [3.63, 3.8) is 0 Å². The van der Waals surface area contributed by atoms with Gasteiger partial charge in [-0.2, -0.15) is 8.42 Å². The molecule has 130 valence electrons. The van der Waals surface area contributed by atoms with Gasteiger partial charge in [0, 0.05) is 5.56 Å². The van der Waals surface area contributed by atoms with E-state index in [1.807, 2.05) is 0 Å². The number of rotatable bonds is 8. The Bertz CT molecular complexity index is 773. The van der Waals surface area contributed by atoms with E-state index in [-0.39, 0.29) is 62.0 Å². The molecule has 0 atom stereocenters. The van der Waals surface area contributed by atoms with Crippen LogP contribution in [0.2, 0.25) is 0 Å². The summed E-state index contributed by atoms with van der Waals surface area (Å²) >= 11 is 0. The van der Waals surface area contributed by atoms with Gasteiger partial charge in [0.1, 0.15) is 16.4 Å². The topological polar surface area (TPSA) is 86.7 Å². The van der Waals surface area contributed by atoms with Gasteiger partial charge in [-0.3, -0.25) is 4.55 Å². The van der Waals surface area contributed by atoms with Crippen molar-refractivity contribution in [2.45, 2.75) is 43.9 Å².